The number of fused-ring (bicyclic) bond motifs is 6. The van der Waals surface area contributed by atoms with Crippen LogP contribution in [-0.4, -0.2) is 15.0 Å². The Balaban J connectivity index is 1.06. The number of aromatic nitrogens is 3. The fraction of sp³-hybridized carbons (Fsp3) is 0.0755. The molecule has 6 aromatic carbocycles. The van der Waals surface area contributed by atoms with Crippen molar-refractivity contribution in [1.29, 1.82) is 0 Å². The molecule has 3 heterocycles. The Hall–Kier alpha value is -6.94. The Bertz CT molecular complexity index is 2940. The second-order valence-electron chi connectivity index (χ2n) is 15.3. The average Bonchev–Trinajstić information content (AvgIpc) is 3.51. The predicted molar refractivity (Wildman–Crippen MR) is 242 cm³/mol. The first-order valence-corrected chi connectivity index (χ1v) is 22.0. The molecule has 2 atom stereocenters. The first-order valence-electron chi connectivity index (χ1n) is 20.3. The van der Waals surface area contributed by atoms with Crippen molar-refractivity contribution >= 4 is 40.4 Å². The number of para-hydroxylation sites is 2. The molecule has 0 amide bonds. The number of benzene rings is 6. The summed E-state index contributed by atoms with van der Waals surface area (Å²) in [6.45, 7) is 0. The summed E-state index contributed by atoms with van der Waals surface area (Å²) in [5, 5.41) is 2.93. The summed E-state index contributed by atoms with van der Waals surface area (Å²) in [4.78, 5) is 17.2. The van der Waals surface area contributed by atoms with Gasteiger partial charge in [-0.25, -0.2) is 15.0 Å². The van der Waals surface area contributed by atoms with Crippen molar-refractivity contribution in [2.24, 2.45) is 5.92 Å². The number of hydrogen-bond donors (Lipinski definition) is 0. The highest BCUT2D eigenvalue weighted by molar-refractivity contribution is 7.85. The monoisotopic (exact) mass is 778 g/mol. The molecule has 4 aliphatic rings. The van der Waals surface area contributed by atoms with E-state index in [2.05, 4.69) is 138 Å². The van der Waals surface area contributed by atoms with Gasteiger partial charge in [-0.05, 0) is 72.1 Å². The molecular weight excluding hydrogens is 740 g/mol. The van der Waals surface area contributed by atoms with Gasteiger partial charge in [-0.2, -0.15) is 0 Å². The SMILES string of the molecule is O=P1(C2=CC(C3C=CC=CC3)=CCC2)C2=C(c3ccccc3N(c3ccc(-c4nc(-c5ccccc5)nc(-c5ccccc5)n4)cc3)c3ccccc32)c2ccccc21. The minimum absolute atomic E-state index is 0.293. The van der Waals surface area contributed by atoms with E-state index in [1.807, 2.05) is 60.7 Å². The fourth-order valence-electron chi connectivity index (χ4n) is 9.14. The van der Waals surface area contributed by atoms with Crippen LogP contribution in [0.1, 0.15) is 36.0 Å². The van der Waals surface area contributed by atoms with E-state index in [0.29, 0.717) is 23.4 Å². The minimum atomic E-state index is -3.29. The van der Waals surface area contributed by atoms with Crippen LogP contribution in [0.25, 0.3) is 45.1 Å². The number of hydrogen-bond acceptors (Lipinski definition) is 5. The van der Waals surface area contributed by atoms with Gasteiger partial charge in [0, 0.05) is 55.6 Å². The Morgan fingerprint density at radius 3 is 1.76 bits per heavy atom. The van der Waals surface area contributed by atoms with Gasteiger partial charge in [-0.1, -0.05) is 158 Å². The molecule has 2 unspecified atom stereocenters. The highest BCUT2D eigenvalue weighted by atomic mass is 31.2. The van der Waals surface area contributed by atoms with E-state index in [-0.39, 0.29) is 0 Å². The average molecular weight is 779 g/mol. The van der Waals surface area contributed by atoms with Crippen LogP contribution < -0.4 is 10.2 Å². The maximum absolute atomic E-state index is 16.6. The van der Waals surface area contributed by atoms with Gasteiger partial charge >= 0.3 is 0 Å². The highest BCUT2D eigenvalue weighted by Gasteiger charge is 2.47. The third kappa shape index (κ3) is 5.92. The van der Waals surface area contributed by atoms with Crippen molar-refractivity contribution in [3.05, 3.63) is 222 Å². The van der Waals surface area contributed by atoms with Gasteiger partial charge in [0.05, 0.1) is 11.4 Å². The van der Waals surface area contributed by atoms with E-state index in [1.165, 1.54) is 5.57 Å². The zero-order valence-corrected chi connectivity index (χ0v) is 33.2. The summed E-state index contributed by atoms with van der Waals surface area (Å²) in [6, 6.07) is 54.1. The molecule has 59 heavy (non-hydrogen) atoms. The summed E-state index contributed by atoms with van der Waals surface area (Å²) >= 11 is 0. The van der Waals surface area contributed by atoms with E-state index in [0.717, 1.165) is 91.2 Å². The van der Waals surface area contributed by atoms with Crippen molar-refractivity contribution in [3.63, 3.8) is 0 Å². The smallest absolute Gasteiger partial charge is 0.169 e. The zero-order chi connectivity index (χ0) is 39.3. The maximum Gasteiger partial charge on any atom is 0.169 e. The third-order valence-corrected chi connectivity index (χ3v) is 15.2. The summed E-state index contributed by atoms with van der Waals surface area (Å²) in [5.74, 6) is 2.15. The summed E-state index contributed by atoms with van der Waals surface area (Å²) in [7, 11) is -3.29. The topological polar surface area (TPSA) is 59.0 Å². The van der Waals surface area contributed by atoms with Crippen LogP contribution in [-0.2, 0) is 4.57 Å². The lowest BCUT2D eigenvalue weighted by Crippen LogP contribution is -2.14. The Labute approximate surface area is 344 Å². The molecule has 0 spiro atoms. The Morgan fingerprint density at radius 1 is 0.559 bits per heavy atom. The van der Waals surface area contributed by atoms with Crippen molar-refractivity contribution in [2.75, 3.05) is 4.90 Å². The maximum atomic E-state index is 16.6. The molecule has 0 N–H and O–H groups in total. The summed E-state index contributed by atoms with van der Waals surface area (Å²) < 4.78 is 16.6. The van der Waals surface area contributed by atoms with E-state index >= 15 is 4.57 Å². The number of allylic oxidation sites excluding steroid dienone is 8. The van der Waals surface area contributed by atoms with Crippen molar-refractivity contribution < 1.29 is 4.57 Å². The van der Waals surface area contributed by atoms with Gasteiger partial charge in [-0.3, -0.25) is 0 Å². The number of nitrogens with zero attached hydrogens (tertiary/aromatic N) is 4. The van der Waals surface area contributed by atoms with Crippen LogP contribution in [0.15, 0.2) is 205 Å². The third-order valence-electron chi connectivity index (χ3n) is 11.9. The fourth-order valence-corrected chi connectivity index (χ4v) is 12.7. The molecule has 11 rings (SSSR count). The first-order chi connectivity index (χ1) is 29.1. The van der Waals surface area contributed by atoms with Gasteiger partial charge in [0.2, 0.25) is 0 Å². The van der Waals surface area contributed by atoms with Gasteiger partial charge in [0.1, 0.15) is 0 Å². The molecule has 7 aromatic rings. The lowest BCUT2D eigenvalue weighted by molar-refractivity contribution is 0.589. The van der Waals surface area contributed by atoms with E-state index in [1.54, 1.807) is 0 Å². The molecular formula is C53H39N4OP. The van der Waals surface area contributed by atoms with Gasteiger partial charge in [0.25, 0.3) is 0 Å². The molecule has 2 aliphatic heterocycles. The van der Waals surface area contributed by atoms with Crippen LogP contribution >= 0.6 is 7.14 Å². The summed E-state index contributed by atoms with van der Waals surface area (Å²) in [5.41, 5.74) is 11.2. The largest absolute Gasteiger partial charge is 0.309 e. The van der Waals surface area contributed by atoms with Crippen molar-refractivity contribution in [2.45, 2.75) is 19.3 Å². The zero-order valence-electron chi connectivity index (χ0n) is 32.3. The van der Waals surface area contributed by atoms with Crippen molar-refractivity contribution in [3.8, 4) is 34.2 Å². The second kappa shape index (κ2) is 14.5. The predicted octanol–water partition coefficient (Wildman–Crippen LogP) is 13.3. The Kier molecular flexibility index (Phi) is 8.64. The lowest BCUT2D eigenvalue weighted by Gasteiger charge is -2.30. The molecule has 282 valence electrons. The number of rotatable bonds is 6. The van der Waals surface area contributed by atoms with E-state index < -0.39 is 7.14 Å². The highest BCUT2D eigenvalue weighted by Crippen LogP contribution is 2.74. The van der Waals surface area contributed by atoms with Gasteiger partial charge < -0.3 is 9.46 Å². The molecule has 0 fully saturated rings. The Morgan fingerprint density at radius 2 is 1.12 bits per heavy atom. The molecule has 0 saturated carbocycles. The van der Waals surface area contributed by atoms with Crippen molar-refractivity contribution in [1.82, 2.24) is 15.0 Å². The molecule has 1 aromatic heterocycles. The van der Waals surface area contributed by atoms with Crippen LogP contribution in [0.3, 0.4) is 0 Å². The van der Waals surface area contributed by atoms with Crippen LogP contribution in [0, 0.1) is 5.92 Å². The lowest BCUT2D eigenvalue weighted by atomic mass is 9.89. The van der Waals surface area contributed by atoms with Crippen LogP contribution in [0.2, 0.25) is 0 Å². The second-order valence-corrected chi connectivity index (χ2v) is 18.1. The molecule has 6 heteroatoms. The standard InChI is InChI=1S/C53H39N4OP/c58-59(42-24-16-23-40(35-42)36-17-4-1-5-18-36)48-30-15-12-27-45(48)49-43-25-10-13-28-46(43)57(47-29-14-11-26-44(47)50(49)59)41-33-31-39(32-34-41)53-55-51(37-19-6-2-7-20-37)54-52(56-53)38-21-8-3-9-22-38/h1-15,17,19-23,25-36H,16,18,24H2. The van der Waals surface area contributed by atoms with E-state index in [4.69, 9.17) is 15.0 Å². The normalized spacial score (nSPS) is 18.9. The van der Waals surface area contributed by atoms with Crippen LogP contribution in [0.5, 0.6) is 0 Å². The van der Waals surface area contributed by atoms with Crippen LogP contribution in [0.4, 0.5) is 17.1 Å². The quantitative estimate of drug-likeness (QED) is 0.157. The minimum Gasteiger partial charge on any atom is -0.309 e. The molecule has 5 nitrogen and oxygen atoms in total. The molecule has 2 aliphatic carbocycles. The van der Waals surface area contributed by atoms with Gasteiger partial charge in [0.15, 0.2) is 24.6 Å². The van der Waals surface area contributed by atoms with Gasteiger partial charge in [-0.15, -0.1) is 0 Å². The summed E-state index contributed by atoms with van der Waals surface area (Å²) in [6.07, 6.45) is 16.0. The molecule has 0 radical (unpaired) electrons. The van der Waals surface area contributed by atoms with E-state index in [9.17, 15) is 0 Å². The first kappa shape index (κ1) is 35.2. The number of anilines is 3. The molecule has 0 saturated heterocycles. The molecule has 0 bridgehead atoms.